The average Bonchev–Trinajstić information content (AvgIpc) is 2.68. The van der Waals surface area contributed by atoms with Gasteiger partial charge in [-0.05, 0) is 30.9 Å². The van der Waals surface area contributed by atoms with Gasteiger partial charge in [-0.1, -0.05) is 19.4 Å². The van der Waals surface area contributed by atoms with Crippen LogP contribution in [-0.4, -0.2) is 17.2 Å². The third kappa shape index (κ3) is 3.03. The molecule has 0 N–H and O–H groups in total. The van der Waals surface area contributed by atoms with Crippen LogP contribution in [-0.2, 0) is 11.2 Å². The van der Waals surface area contributed by atoms with Gasteiger partial charge < -0.3 is 4.74 Å². The quantitative estimate of drug-likeness (QED) is 0.754. The molecule has 2 unspecified atom stereocenters. The summed E-state index contributed by atoms with van der Waals surface area (Å²) in [5, 5.41) is 0. The summed E-state index contributed by atoms with van der Waals surface area (Å²) in [6.07, 6.45) is 10.6. The van der Waals surface area contributed by atoms with Gasteiger partial charge in [-0.25, -0.2) is 0 Å². The molecule has 0 amide bonds. The summed E-state index contributed by atoms with van der Waals surface area (Å²) in [5.74, 6) is 0. The number of hydrogen-bond donors (Lipinski definition) is 0. The Hall–Kier alpha value is -0.890. The SMILES string of the molecule is CCCC1CCC(Cc2cccnc2)O1. The van der Waals surface area contributed by atoms with Crippen LogP contribution in [0, 0.1) is 0 Å². The Kier molecular flexibility index (Phi) is 3.73. The lowest BCUT2D eigenvalue weighted by atomic mass is 10.1. The van der Waals surface area contributed by atoms with Crippen LogP contribution < -0.4 is 0 Å². The van der Waals surface area contributed by atoms with Crippen LogP contribution in [0.25, 0.3) is 0 Å². The van der Waals surface area contributed by atoms with E-state index < -0.39 is 0 Å². The van der Waals surface area contributed by atoms with Crippen LogP contribution in [0.5, 0.6) is 0 Å². The van der Waals surface area contributed by atoms with Crippen molar-refractivity contribution >= 4 is 0 Å². The van der Waals surface area contributed by atoms with Gasteiger partial charge >= 0.3 is 0 Å². The monoisotopic (exact) mass is 205 g/mol. The molecule has 2 nitrogen and oxygen atoms in total. The molecule has 2 heterocycles. The van der Waals surface area contributed by atoms with Crippen LogP contribution in [0.15, 0.2) is 24.5 Å². The van der Waals surface area contributed by atoms with Gasteiger partial charge in [0.1, 0.15) is 0 Å². The fourth-order valence-electron chi connectivity index (χ4n) is 2.25. The number of aromatic nitrogens is 1. The topological polar surface area (TPSA) is 22.1 Å². The highest BCUT2D eigenvalue weighted by Gasteiger charge is 2.24. The minimum atomic E-state index is 0.422. The summed E-state index contributed by atoms with van der Waals surface area (Å²) in [6, 6.07) is 4.12. The van der Waals surface area contributed by atoms with Gasteiger partial charge in [-0.3, -0.25) is 4.98 Å². The van der Waals surface area contributed by atoms with E-state index in [1.807, 2.05) is 18.5 Å². The smallest absolute Gasteiger partial charge is 0.0620 e. The minimum Gasteiger partial charge on any atom is -0.375 e. The normalized spacial score (nSPS) is 25.7. The molecule has 0 radical (unpaired) electrons. The predicted octanol–water partition coefficient (Wildman–Crippen LogP) is 2.97. The summed E-state index contributed by atoms with van der Waals surface area (Å²) in [7, 11) is 0. The number of hydrogen-bond acceptors (Lipinski definition) is 2. The van der Waals surface area contributed by atoms with Crippen molar-refractivity contribution in [2.24, 2.45) is 0 Å². The first kappa shape index (κ1) is 10.6. The average molecular weight is 205 g/mol. The van der Waals surface area contributed by atoms with E-state index in [0.717, 1.165) is 6.42 Å². The Morgan fingerprint density at radius 3 is 3.00 bits per heavy atom. The molecule has 0 saturated carbocycles. The maximum atomic E-state index is 5.98. The van der Waals surface area contributed by atoms with Crippen molar-refractivity contribution in [1.29, 1.82) is 0 Å². The summed E-state index contributed by atoms with van der Waals surface area (Å²) < 4.78 is 5.98. The predicted molar refractivity (Wildman–Crippen MR) is 60.7 cm³/mol. The van der Waals surface area contributed by atoms with Crippen molar-refractivity contribution in [2.45, 2.75) is 51.2 Å². The summed E-state index contributed by atoms with van der Waals surface area (Å²) in [5.41, 5.74) is 1.29. The second-order valence-electron chi connectivity index (χ2n) is 4.31. The highest BCUT2D eigenvalue weighted by Crippen LogP contribution is 2.25. The molecule has 82 valence electrons. The van der Waals surface area contributed by atoms with Gasteiger partial charge in [0.15, 0.2) is 0 Å². The molecule has 0 aliphatic carbocycles. The summed E-state index contributed by atoms with van der Waals surface area (Å²) in [6.45, 7) is 2.22. The first-order valence-electron chi connectivity index (χ1n) is 5.93. The Balaban J connectivity index is 1.82. The van der Waals surface area contributed by atoms with E-state index in [-0.39, 0.29) is 0 Å². The van der Waals surface area contributed by atoms with Gasteiger partial charge in [0.2, 0.25) is 0 Å². The maximum absolute atomic E-state index is 5.98. The van der Waals surface area contributed by atoms with Gasteiger partial charge in [-0.2, -0.15) is 0 Å². The molecule has 1 fully saturated rings. The van der Waals surface area contributed by atoms with Gasteiger partial charge in [-0.15, -0.1) is 0 Å². The van der Waals surface area contributed by atoms with Crippen molar-refractivity contribution in [2.75, 3.05) is 0 Å². The van der Waals surface area contributed by atoms with Crippen molar-refractivity contribution in [3.63, 3.8) is 0 Å². The third-order valence-electron chi connectivity index (χ3n) is 2.99. The number of nitrogens with zero attached hydrogens (tertiary/aromatic N) is 1. The first-order chi connectivity index (χ1) is 7.38. The molecule has 1 aliphatic heterocycles. The van der Waals surface area contributed by atoms with Crippen LogP contribution in [0.3, 0.4) is 0 Å². The van der Waals surface area contributed by atoms with Crippen LogP contribution in [0.4, 0.5) is 0 Å². The second-order valence-corrected chi connectivity index (χ2v) is 4.31. The zero-order valence-corrected chi connectivity index (χ0v) is 9.36. The van der Waals surface area contributed by atoms with Gasteiger partial charge in [0.05, 0.1) is 12.2 Å². The molecule has 15 heavy (non-hydrogen) atoms. The van der Waals surface area contributed by atoms with Crippen molar-refractivity contribution in [1.82, 2.24) is 4.98 Å². The number of pyridine rings is 1. The van der Waals surface area contributed by atoms with Crippen molar-refractivity contribution < 1.29 is 4.74 Å². The van der Waals surface area contributed by atoms with E-state index in [2.05, 4.69) is 18.0 Å². The zero-order chi connectivity index (χ0) is 10.5. The largest absolute Gasteiger partial charge is 0.375 e. The standard InChI is InChI=1S/C13H19NO/c1-2-4-12-6-7-13(15-12)9-11-5-3-8-14-10-11/h3,5,8,10,12-13H,2,4,6-7,9H2,1H3. The van der Waals surface area contributed by atoms with E-state index in [4.69, 9.17) is 4.74 Å². The van der Waals surface area contributed by atoms with Crippen molar-refractivity contribution in [3.05, 3.63) is 30.1 Å². The van der Waals surface area contributed by atoms with E-state index in [9.17, 15) is 0 Å². The molecule has 1 aliphatic rings. The molecule has 0 spiro atoms. The van der Waals surface area contributed by atoms with E-state index >= 15 is 0 Å². The molecule has 0 bridgehead atoms. The lowest BCUT2D eigenvalue weighted by molar-refractivity contribution is 0.0407. The highest BCUT2D eigenvalue weighted by atomic mass is 16.5. The molecular weight excluding hydrogens is 186 g/mol. The molecule has 1 aromatic rings. The second kappa shape index (κ2) is 5.26. The number of ether oxygens (including phenoxy) is 1. The molecular formula is C13H19NO. The molecule has 1 aromatic heterocycles. The molecule has 2 heteroatoms. The van der Waals surface area contributed by atoms with Crippen LogP contribution in [0.2, 0.25) is 0 Å². The van der Waals surface area contributed by atoms with E-state index in [0.29, 0.717) is 12.2 Å². The molecule has 2 rings (SSSR count). The molecule has 0 aromatic carbocycles. The lowest BCUT2D eigenvalue weighted by Crippen LogP contribution is -2.13. The third-order valence-corrected chi connectivity index (χ3v) is 2.99. The Bertz CT molecular complexity index is 286. The first-order valence-corrected chi connectivity index (χ1v) is 5.93. The maximum Gasteiger partial charge on any atom is 0.0620 e. The zero-order valence-electron chi connectivity index (χ0n) is 9.36. The molecule has 2 atom stereocenters. The van der Waals surface area contributed by atoms with Crippen LogP contribution in [0.1, 0.15) is 38.2 Å². The number of rotatable bonds is 4. The van der Waals surface area contributed by atoms with Crippen LogP contribution >= 0.6 is 0 Å². The Morgan fingerprint density at radius 1 is 1.40 bits per heavy atom. The fraction of sp³-hybridized carbons (Fsp3) is 0.615. The van der Waals surface area contributed by atoms with E-state index in [1.165, 1.54) is 31.2 Å². The highest BCUT2D eigenvalue weighted by molar-refractivity contribution is 5.09. The lowest BCUT2D eigenvalue weighted by Gasteiger charge is -2.12. The van der Waals surface area contributed by atoms with Gasteiger partial charge in [0.25, 0.3) is 0 Å². The summed E-state index contributed by atoms with van der Waals surface area (Å²) >= 11 is 0. The molecule has 1 saturated heterocycles. The Labute approximate surface area is 91.7 Å². The minimum absolute atomic E-state index is 0.422. The van der Waals surface area contributed by atoms with Crippen molar-refractivity contribution in [3.8, 4) is 0 Å². The van der Waals surface area contributed by atoms with E-state index in [1.54, 1.807) is 0 Å². The summed E-state index contributed by atoms with van der Waals surface area (Å²) in [4.78, 5) is 4.13. The Morgan fingerprint density at radius 2 is 2.27 bits per heavy atom. The fourth-order valence-corrected chi connectivity index (χ4v) is 2.25. The van der Waals surface area contributed by atoms with Gasteiger partial charge in [0, 0.05) is 18.8 Å².